The lowest BCUT2D eigenvalue weighted by atomic mass is 10.1. The van der Waals surface area contributed by atoms with Gasteiger partial charge in [0.25, 0.3) is 0 Å². The fraction of sp³-hybridized carbons (Fsp3) is 0.0714. The van der Waals surface area contributed by atoms with E-state index in [0.717, 1.165) is 0 Å². The Morgan fingerprint density at radius 3 is 2.62 bits per heavy atom. The van der Waals surface area contributed by atoms with Gasteiger partial charge in [-0.25, -0.2) is 0 Å². The van der Waals surface area contributed by atoms with Gasteiger partial charge in [0.1, 0.15) is 22.4 Å². The molecule has 0 saturated carbocycles. The van der Waals surface area contributed by atoms with Gasteiger partial charge < -0.3 is 0 Å². The zero-order valence-electron chi connectivity index (χ0n) is 11.1. The third-order valence-corrected chi connectivity index (χ3v) is 3.70. The summed E-state index contributed by atoms with van der Waals surface area (Å²) in [6, 6.07) is 12.8. The minimum absolute atomic E-state index is 0.00285. The van der Waals surface area contributed by atoms with Crippen molar-refractivity contribution in [1.82, 2.24) is 4.98 Å². The van der Waals surface area contributed by atoms with E-state index in [2.05, 4.69) is 14.4 Å². The summed E-state index contributed by atoms with van der Waals surface area (Å²) in [4.78, 5) is 4.00. The Labute approximate surface area is 122 Å². The van der Waals surface area contributed by atoms with E-state index >= 15 is 0 Å². The summed E-state index contributed by atoms with van der Waals surface area (Å²) in [7, 11) is -3.98. The van der Waals surface area contributed by atoms with E-state index in [-0.39, 0.29) is 16.3 Å². The third kappa shape index (κ3) is 3.43. The van der Waals surface area contributed by atoms with Crippen LogP contribution in [0.3, 0.4) is 0 Å². The van der Waals surface area contributed by atoms with Crippen LogP contribution in [0.4, 0.5) is 0 Å². The minimum atomic E-state index is -3.98. The first kappa shape index (κ1) is 14.7. The second kappa shape index (κ2) is 6.15. The van der Waals surface area contributed by atoms with Gasteiger partial charge in [0.15, 0.2) is 0 Å². The summed E-state index contributed by atoms with van der Waals surface area (Å²) in [5.41, 5.74) is 0.773. The molecule has 0 radical (unpaired) electrons. The highest BCUT2D eigenvalue weighted by Gasteiger charge is 2.16. The molecular weight excluding hydrogens is 290 g/mol. The van der Waals surface area contributed by atoms with E-state index in [1.807, 2.05) is 6.07 Å². The van der Waals surface area contributed by atoms with Crippen molar-refractivity contribution in [2.75, 3.05) is 0 Å². The lowest BCUT2D eigenvalue weighted by Gasteiger charge is -2.03. The van der Waals surface area contributed by atoms with E-state index < -0.39 is 10.1 Å². The maximum atomic E-state index is 11.9. The Balaban J connectivity index is 2.27. The smallest absolute Gasteiger partial charge is 0.264 e. The summed E-state index contributed by atoms with van der Waals surface area (Å²) >= 11 is 0. The van der Waals surface area contributed by atoms with Gasteiger partial charge in [0.05, 0.1) is 5.56 Å². The molecule has 0 atom stereocenters. The quantitative estimate of drug-likeness (QED) is 0.636. The van der Waals surface area contributed by atoms with Crippen LogP contribution < -0.4 is 0 Å². The second-order valence-corrected chi connectivity index (χ2v) is 5.56. The molecule has 0 fully saturated rings. The van der Waals surface area contributed by atoms with Crippen molar-refractivity contribution < 1.29 is 12.7 Å². The molecule has 1 aromatic heterocycles. The number of hydrogen-bond acceptors (Lipinski definition) is 6. The second-order valence-electron chi connectivity index (χ2n) is 4.03. The lowest BCUT2D eigenvalue weighted by molar-refractivity contribution is 0.338. The van der Waals surface area contributed by atoms with E-state index in [0.29, 0.717) is 5.56 Å². The molecule has 1 aromatic carbocycles. The van der Waals surface area contributed by atoms with E-state index in [1.165, 1.54) is 25.3 Å². The molecule has 0 unspecified atom stereocenters. The largest absolute Gasteiger partial charge is 0.358 e. The van der Waals surface area contributed by atoms with Crippen molar-refractivity contribution in [3.8, 4) is 6.07 Å². The molecule has 0 aliphatic carbocycles. The Bertz CT molecular complexity index is 809. The van der Waals surface area contributed by atoms with Crippen LogP contribution in [0.25, 0.3) is 0 Å². The number of hydrogen-bond donors (Lipinski definition) is 0. The average Bonchev–Trinajstić information content (AvgIpc) is 2.53. The lowest BCUT2D eigenvalue weighted by Crippen LogP contribution is -2.07. The van der Waals surface area contributed by atoms with Gasteiger partial charge in [-0.1, -0.05) is 23.4 Å². The molecule has 0 aliphatic heterocycles. The van der Waals surface area contributed by atoms with Gasteiger partial charge in [0, 0.05) is 6.20 Å². The molecule has 1 heterocycles. The molecule has 2 rings (SSSR count). The van der Waals surface area contributed by atoms with Crippen LogP contribution in [0, 0.1) is 11.3 Å². The molecular formula is C14H11N3O3S. The number of nitrogens with zero attached hydrogens (tertiary/aromatic N) is 3. The van der Waals surface area contributed by atoms with Crippen molar-refractivity contribution in [1.29, 1.82) is 5.26 Å². The maximum absolute atomic E-state index is 11.9. The molecule has 7 heteroatoms. The maximum Gasteiger partial charge on any atom is 0.358 e. The minimum Gasteiger partial charge on any atom is -0.264 e. The highest BCUT2D eigenvalue weighted by Crippen LogP contribution is 2.13. The molecule has 0 saturated heterocycles. The Kier molecular flexibility index (Phi) is 4.30. The first-order chi connectivity index (χ1) is 10.0. The first-order valence-electron chi connectivity index (χ1n) is 5.93. The van der Waals surface area contributed by atoms with Gasteiger partial charge in [-0.05, 0) is 31.2 Å². The van der Waals surface area contributed by atoms with Crippen LogP contribution >= 0.6 is 0 Å². The van der Waals surface area contributed by atoms with Gasteiger partial charge >= 0.3 is 10.1 Å². The van der Waals surface area contributed by atoms with Crippen molar-refractivity contribution >= 4 is 15.8 Å². The molecule has 106 valence electrons. The van der Waals surface area contributed by atoms with E-state index in [9.17, 15) is 8.42 Å². The summed E-state index contributed by atoms with van der Waals surface area (Å²) in [6.07, 6.45) is 1.49. The average molecular weight is 301 g/mol. The number of nitriles is 1. The highest BCUT2D eigenvalue weighted by atomic mass is 32.2. The van der Waals surface area contributed by atoms with Gasteiger partial charge in [-0.15, -0.1) is 0 Å². The summed E-state index contributed by atoms with van der Waals surface area (Å²) in [5.74, 6) is 0. The van der Waals surface area contributed by atoms with Gasteiger partial charge in [0.2, 0.25) is 0 Å². The van der Waals surface area contributed by atoms with Crippen LogP contribution in [0.5, 0.6) is 0 Å². The Hall–Kier alpha value is -2.72. The van der Waals surface area contributed by atoms with Crippen molar-refractivity contribution in [3.05, 3.63) is 59.9 Å². The molecule has 0 N–H and O–H groups in total. The summed E-state index contributed by atoms with van der Waals surface area (Å²) in [5, 5.41) is 12.5. The topological polar surface area (TPSA) is 92.4 Å². The monoisotopic (exact) mass is 301 g/mol. The van der Waals surface area contributed by atoms with E-state index in [1.54, 1.807) is 30.3 Å². The standard InChI is InChI=1S/C14H11N3O3S/c1-11(14-12(10-15)6-5-9-16-14)17-20-21(18,19)13-7-3-2-4-8-13/h2-9H,1H3. The van der Waals surface area contributed by atoms with Crippen LogP contribution in [-0.4, -0.2) is 19.1 Å². The predicted octanol–water partition coefficient (Wildman–Crippen LogP) is 2.08. The highest BCUT2D eigenvalue weighted by molar-refractivity contribution is 7.86. The van der Waals surface area contributed by atoms with Gasteiger partial charge in [-0.2, -0.15) is 13.7 Å². The number of benzene rings is 1. The summed E-state index contributed by atoms with van der Waals surface area (Å²) < 4.78 is 28.5. The molecule has 0 aliphatic rings. The zero-order chi connectivity index (χ0) is 15.3. The number of oxime groups is 1. The van der Waals surface area contributed by atoms with Crippen LogP contribution in [0.2, 0.25) is 0 Å². The third-order valence-electron chi connectivity index (χ3n) is 2.58. The fourth-order valence-corrected chi connectivity index (χ4v) is 2.35. The Morgan fingerprint density at radius 2 is 1.95 bits per heavy atom. The first-order valence-corrected chi connectivity index (χ1v) is 7.34. The SMILES string of the molecule is CC(=NOS(=O)(=O)c1ccccc1)c1ncccc1C#N. The summed E-state index contributed by atoms with van der Waals surface area (Å²) in [6.45, 7) is 1.52. The van der Waals surface area contributed by atoms with Crippen molar-refractivity contribution in [3.63, 3.8) is 0 Å². The zero-order valence-corrected chi connectivity index (χ0v) is 11.9. The predicted molar refractivity (Wildman–Crippen MR) is 75.9 cm³/mol. The number of aromatic nitrogens is 1. The van der Waals surface area contributed by atoms with E-state index in [4.69, 9.17) is 5.26 Å². The van der Waals surface area contributed by atoms with Gasteiger partial charge in [-0.3, -0.25) is 9.27 Å². The van der Waals surface area contributed by atoms with Crippen molar-refractivity contribution in [2.45, 2.75) is 11.8 Å². The van der Waals surface area contributed by atoms with Crippen molar-refractivity contribution in [2.24, 2.45) is 5.16 Å². The molecule has 0 amide bonds. The van der Waals surface area contributed by atoms with Crippen LogP contribution in [-0.2, 0) is 14.4 Å². The number of pyridine rings is 1. The molecule has 0 bridgehead atoms. The van der Waals surface area contributed by atoms with Crippen LogP contribution in [0.1, 0.15) is 18.2 Å². The fourth-order valence-electron chi connectivity index (χ4n) is 1.56. The van der Waals surface area contributed by atoms with Crippen LogP contribution in [0.15, 0.2) is 58.7 Å². The normalized spacial score (nSPS) is 11.7. The molecule has 2 aromatic rings. The Morgan fingerprint density at radius 1 is 1.24 bits per heavy atom. The molecule has 21 heavy (non-hydrogen) atoms. The molecule has 0 spiro atoms. The number of rotatable bonds is 4. The molecule has 6 nitrogen and oxygen atoms in total.